The quantitative estimate of drug-likeness (QED) is 0.569. The van der Waals surface area contributed by atoms with E-state index >= 15 is 0 Å². The lowest BCUT2D eigenvalue weighted by Gasteiger charge is -1.98. The maximum Gasteiger partial charge on any atom is 0.148 e. The maximum atomic E-state index is 11.4. The van der Waals surface area contributed by atoms with Gasteiger partial charge in [-0.3, -0.25) is 0 Å². The molecule has 0 fully saturated rings. The molecule has 0 rings (SSSR count). The molecule has 1 N–H and O–H groups in total. The molecule has 0 amide bonds. The van der Waals surface area contributed by atoms with E-state index < -0.39 is 16.5 Å². The van der Waals surface area contributed by atoms with E-state index in [9.17, 15) is 12.8 Å². The highest BCUT2D eigenvalue weighted by molar-refractivity contribution is 7.90. The van der Waals surface area contributed by atoms with Gasteiger partial charge in [0.2, 0.25) is 0 Å². The van der Waals surface area contributed by atoms with Crippen LogP contribution in [0, 0.1) is 0 Å². The van der Waals surface area contributed by atoms with Crippen LogP contribution in [0.15, 0.2) is 0 Å². The van der Waals surface area contributed by atoms with Gasteiger partial charge in [0.1, 0.15) is 16.5 Å². The van der Waals surface area contributed by atoms with Gasteiger partial charge in [-0.05, 0) is 0 Å². The Kier molecular flexibility index (Phi) is 4.55. The standard InChI is InChI=1S/C5H12FNO2S/c1-10(8,9)5-4-7-3-2-6/h7H,2-5H2,1H3. The van der Waals surface area contributed by atoms with Crippen LogP contribution in [0.3, 0.4) is 0 Å². The summed E-state index contributed by atoms with van der Waals surface area (Å²) in [5.74, 6) is 0.0764. The van der Waals surface area contributed by atoms with E-state index in [1.165, 1.54) is 0 Å². The van der Waals surface area contributed by atoms with Gasteiger partial charge in [-0.15, -0.1) is 0 Å². The van der Waals surface area contributed by atoms with Crippen LogP contribution in [0.2, 0.25) is 0 Å². The highest BCUT2D eigenvalue weighted by Crippen LogP contribution is 1.78. The summed E-state index contributed by atoms with van der Waals surface area (Å²) in [6.07, 6.45) is 1.16. The summed E-state index contributed by atoms with van der Waals surface area (Å²) >= 11 is 0. The van der Waals surface area contributed by atoms with Crippen LogP contribution in [0.5, 0.6) is 0 Å². The molecule has 0 aliphatic rings. The van der Waals surface area contributed by atoms with Crippen LogP contribution in [0.4, 0.5) is 4.39 Å². The Labute approximate surface area is 60.5 Å². The summed E-state index contributed by atoms with van der Waals surface area (Å²) < 4.78 is 32.3. The number of halogens is 1. The molecule has 0 spiro atoms. The number of alkyl halides is 1. The monoisotopic (exact) mass is 169 g/mol. The van der Waals surface area contributed by atoms with Crippen LogP contribution < -0.4 is 5.32 Å². The number of hydrogen-bond acceptors (Lipinski definition) is 3. The van der Waals surface area contributed by atoms with Gasteiger partial charge in [0.25, 0.3) is 0 Å². The first-order valence-electron chi connectivity index (χ1n) is 3.00. The second-order valence-corrected chi connectivity index (χ2v) is 4.33. The zero-order valence-electron chi connectivity index (χ0n) is 5.93. The Hall–Kier alpha value is -0.160. The molecule has 3 nitrogen and oxygen atoms in total. The molecule has 0 aromatic carbocycles. The molecule has 62 valence electrons. The minimum Gasteiger partial charge on any atom is -0.313 e. The van der Waals surface area contributed by atoms with Crippen LogP contribution in [0.1, 0.15) is 0 Å². The zero-order valence-corrected chi connectivity index (χ0v) is 6.75. The van der Waals surface area contributed by atoms with Gasteiger partial charge >= 0.3 is 0 Å². The van der Waals surface area contributed by atoms with Crippen molar-refractivity contribution in [3.8, 4) is 0 Å². The second kappa shape index (κ2) is 4.62. The molecule has 0 unspecified atom stereocenters. The largest absolute Gasteiger partial charge is 0.313 e. The number of rotatable bonds is 5. The highest BCUT2D eigenvalue weighted by Gasteiger charge is 1.99. The molecule has 5 heteroatoms. The molecule has 0 saturated carbocycles. The predicted octanol–water partition coefficient (Wildman–Crippen LogP) is -0.410. The lowest BCUT2D eigenvalue weighted by atomic mass is 10.6. The number of sulfone groups is 1. The summed E-state index contributed by atoms with van der Waals surface area (Å²) in [4.78, 5) is 0. The zero-order chi connectivity index (χ0) is 8.04. The SMILES string of the molecule is CS(=O)(=O)CCNCCF. The van der Waals surface area contributed by atoms with Crippen LogP contribution in [-0.2, 0) is 9.84 Å². The van der Waals surface area contributed by atoms with Crippen molar-refractivity contribution in [2.75, 3.05) is 31.8 Å². The summed E-state index contributed by atoms with van der Waals surface area (Å²) in [6.45, 7) is 0.113. The van der Waals surface area contributed by atoms with Crippen LogP contribution >= 0.6 is 0 Å². The van der Waals surface area contributed by atoms with Crippen molar-refractivity contribution < 1.29 is 12.8 Å². The van der Waals surface area contributed by atoms with Crippen molar-refractivity contribution in [3.05, 3.63) is 0 Å². The molecule has 0 aromatic rings. The molecule has 0 bridgehead atoms. The predicted molar refractivity (Wildman–Crippen MR) is 38.6 cm³/mol. The van der Waals surface area contributed by atoms with Gasteiger partial charge in [0.15, 0.2) is 0 Å². The fourth-order valence-electron chi connectivity index (χ4n) is 0.449. The van der Waals surface area contributed by atoms with E-state index in [0.717, 1.165) is 6.26 Å². The minimum atomic E-state index is -2.89. The summed E-state index contributed by atoms with van der Waals surface area (Å²) in [5, 5.41) is 2.64. The molecule has 0 atom stereocenters. The fraction of sp³-hybridized carbons (Fsp3) is 1.00. The molecule has 0 saturated heterocycles. The van der Waals surface area contributed by atoms with Crippen molar-refractivity contribution in [3.63, 3.8) is 0 Å². The van der Waals surface area contributed by atoms with Crippen LogP contribution in [0.25, 0.3) is 0 Å². The number of hydrogen-bond donors (Lipinski definition) is 1. The summed E-state index contributed by atoms with van der Waals surface area (Å²) in [5.41, 5.74) is 0. The average Bonchev–Trinajstić information content (AvgIpc) is 1.78. The van der Waals surface area contributed by atoms with Crippen LogP contribution in [-0.4, -0.2) is 40.2 Å². The maximum absolute atomic E-state index is 11.4. The Morgan fingerprint density at radius 1 is 1.40 bits per heavy atom. The Bertz CT molecular complexity index is 166. The van der Waals surface area contributed by atoms with Gasteiger partial charge in [0, 0.05) is 19.3 Å². The smallest absolute Gasteiger partial charge is 0.148 e. The average molecular weight is 169 g/mol. The third kappa shape index (κ3) is 7.84. The molecule has 0 heterocycles. The van der Waals surface area contributed by atoms with Gasteiger partial charge in [-0.1, -0.05) is 0 Å². The van der Waals surface area contributed by atoms with E-state index in [4.69, 9.17) is 0 Å². The molecular weight excluding hydrogens is 157 g/mol. The highest BCUT2D eigenvalue weighted by atomic mass is 32.2. The van der Waals surface area contributed by atoms with Gasteiger partial charge < -0.3 is 5.32 Å². The van der Waals surface area contributed by atoms with E-state index in [1.807, 2.05) is 0 Å². The topological polar surface area (TPSA) is 46.2 Å². The lowest BCUT2D eigenvalue weighted by molar-refractivity contribution is 0.471. The van der Waals surface area contributed by atoms with Gasteiger partial charge in [-0.2, -0.15) is 0 Å². The van der Waals surface area contributed by atoms with Crippen molar-refractivity contribution in [1.29, 1.82) is 0 Å². The molecule has 10 heavy (non-hydrogen) atoms. The Morgan fingerprint density at radius 2 is 2.00 bits per heavy atom. The molecule has 0 aromatic heterocycles. The normalized spacial score (nSPS) is 11.8. The van der Waals surface area contributed by atoms with E-state index in [0.29, 0.717) is 6.54 Å². The minimum absolute atomic E-state index is 0.0764. The summed E-state index contributed by atoms with van der Waals surface area (Å²) in [6, 6.07) is 0. The molecule has 0 aliphatic heterocycles. The number of nitrogens with one attached hydrogen (secondary N) is 1. The van der Waals surface area contributed by atoms with Crippen molar-refractivity contribution >= 4 is 9.84 Å². The van der Waals surface area contributed by atoms with Gasteiger partial charge in [-0.25, -0.2) is 12.8 Å². The molecule has 0 radical (unpaired) electrons. The lowest BCUT2D eigenvalue weighted by Crippen LogP contribution is -2.24. The first-order chi connectivity index (χ1) is 4.56. The first-order valence-corrected chi connectivity index (χ1v) is 5.07. The van der Waals surface area contributed by atoms with Crippen molar-refractivity contribution in [1.82, 2.24) is 5.32 Å². The van der Waals surface area contributed by atoms with Gasteiger partial charge in [0.05, 0.1) is 5.75 Å². The van der Waals surface area contributed by atoms with Crippen molar-refractivity contribution in [2.24, 2.45) is 0 Å². The Balaban J connectivity index is 3.21. The Morgan fingerprint density at radius 3 is 2.40 bits per heavy atom. The van der Waals surface area contributed by atoms with E-state index in [2.05, 4.69) is 5.32 Å². The molecule has 0 aliphatic carbocycles. The third-order valence-corrected chi connectivity index (χ3v) is 1.87. The molecular formula is C5H12FNO2S. The third-order valence-electron chi connectivity index (χ3n) is 0.921. The summed E-state index contributed by atoms with van der Waals surface area (Å²) in [7, 11) is -2.89. The second-order valence-electron chi connectivity index (χ2n) is 2.07. The van der Waals surface area contributed by atoms with Crippen molar-refractivity contribution in [2.45, 2.75) is 0 Å². The van der Waals surface area contributed by atoms with E-state index in [-0.39, 0.29) is 12.3 Å². The van der Waals surface area contributed by atoms with E-state index in [1.54, 1.807) is 0 Å². The first kappa shape index (κ1) is 9.84. The fourth-order valence-corrected chi connectivity index (χ4v) is 0.965.